The van der Waals surface area contributed by atoms with Crippen molar-refractivity contribution in [2.45, 2.75) is 44.8 Å². The van der Waals surface area contributed by atoms with Crippen molar-refractivity contribution in [3.8, 4) is 5.75 Å². The van der Waals surface area contributed by atoms with E-state index in [0.29, 0.717) is 23.4 Å². The normalized spacial score (nSPS) is 21.2. The Hall–Kier alpha value is -2.46. The third-order valence-electron chi connectivity index (χ3n) is 4.87. The van der Waals surface area contributed by atoms with E-state index >= 15 is 0 Å². The Morgan fingerprint density at radius 1 is 1.32 bits per heavy atom. The summed E-state index contributed by atoms with van der Waals surface area (Å²) in [7, 11) is 0. The molecule has 3 rings (SSSR count). The van der Waals surface area contributed by atoms with E-state index in [-0.39, 0.29) is 24.0 Å². The second-order valence-electron chi connectivity index (χ2n) is 7.33. The lowest BCUT2D eigenvalue weighted by Gasteiger charge is -2.39. The summed E-state index contributed by atoms with van der Waals surface area (Å²) in [6, 6.07) is 4.18. The molecule has 2 aliphatic rings. The first kappa shape index (κ1) is 23.2. The van der Waals surface area contributed by atoms with Gasteiger partial charge in [0.05, 0.1) is 11.6 Å². The number of nitrogens with zero attached hydrogens (tertiary/aromatic N) is 1. The van der Waals surface area contributed by atoms with E-state index in [1.807, 2.05) is 6.92 Å². The number of nitrogens with two attached hydrogens (primary N) is 1. The Labute approximate surface area is 182 Å². The van der Waals surface area contributed by atoms with E-state index in [4.69, 9.17) is 5.73 Å². The SMILES string of the molecule is CCCCNC(=O)C1=CN(Cc2ccc(OC(F)(F)F)cc2)C2C(=O)[C@@H](N)CSC2=C1. The van der Waals surface area contributed by atoms with Gasteiger partial charge in [-0.15, -0.1) is 24.9 Å². The molecule has 0 aliphatic carbocycles. The fourth-order valence-electron chi connectivity index (χ4n) is 3.33. The molecule has 1 amide bonds. The Morgan fingerprint density at radius 2 is 2.03 bits per heavy atom. The van der Waals surface area contributed by atoms with Crippen LogP contribution in [0.25, 0.3) is 0 Å². The number of amides is 1. The van der Waals surface area contributed by atoms with Crippen molar-refractivity contribution < 1.29 is 27.5 Å². The molecular formula is C21H24F3N3O3S. The van der Waals surface area contributed by atoms with Gasteiger partial charge in [-0.2, -0.15) is 0 Å². The van der Waals surface area contributed by atoms with Gasteiger partial charge in [-0.3, -0.25) is 9.59 Å². The van der Waals surface area contributed by atoms with Gasteiger partial charge in [-0.25, -0.2) is 0 Å². The van der Waals surface area contributed by atoms with Gasteiger partial charge in [0.25, 0.3) is 5.91 Å². The summed E-state index contributed by atoms with van der Waals surface area (Å²) in [6.07, 6.45) is 0.378. The molecule has 6 nitrogen and oxygen atoms in total. The first-order valence-electron chi connectivity index (χ1n) is 9.92. The summed E-state index contributed by atoms with van der Waals surface area (Å²) in [5.74, 6) is -0.276. The Morgan fingerprint density at radius 3 is 2.68 bits per heavy atom. The smallest absolute Gasteiger partial charge is 0.406 e. The van der Waals surface area contributed by atoms with Gasteiger partial charge in [0.1, 0.15) is 11.8 Å². The summed E-state index contributed by atoms with van der Waals surface area (Å²) >= 11 is 1.44. The quantitative estimate of drug-likeness (QED) is 0.615. The number of benzene rings is 1. The molecule has 2 aliphatic heterocycles. The molecule has 1 saturated heterocycles. The number of rotatable bonds is 7. The number of halogens is 3. The lowest BCUT2D eigenvalue weighted by atomic mass is 9.98. The number of carbonyl (C=O) groups is 2. The van der Waals surface area contributed by atoms with Gasteiger partial charge in [-0.05, 0) is 30.2 Å². The van der Waals surface area contributed by atoms with E-state index in [1.54, 1.807) is 17.2 Å². The molecule has 31 heavy (non-hydrogen) atoms. The van der Waals surface area contributed by atoms with Crippen LogP contribution in [0.1, 0.15) is 25.3 Å². The van der Waals surface area contributed by atoms with E-state index in [0.717, 1.165) is 17.7 Å². The molecule has 2 heterocycles. The maximum atomic E-state index is 12.8. The summed E-state index contributed by atoms with van der Waals surface area (Å²) in [5.41, 5.74) is 7.04. The van der Waals surface area contributed by atoms with Crippen LogP contribution >= 0.6 is 11.8 Å². The van der Waals surface area contributed by atoms with Crippen molar-refractivity contribution in [2.24, 2.45) is 5.73 Å². The largest absolute Gasteiger partial charge is 0.573 e. The predicted octanol–water partition coefficient (Wildman–Crippen LogP) is 3.10. The number of ether oxygens (including phenoxy) is 1. The monoisotopic (exact) mass is 455 g/mol. The molecule has 1 fully saturated rings. The van der Waals surface area contributed by atoms with E-state index < -0.39 is 18.4 Å². The number of hydrogen-bond donors (Lipinski definition) is 2. The maximum Gasteiger partial charge on any atom is 0.573 e. The lowest BCUT2D eigenvalue weighted by Crippen LogP contribution is -2.52. The van der Waals surface area contributed by atoms with Crippen LogP contribution in [0, 0.1) is 0 Å². The number of carbonyl (C=O) groups excluding carboxylic acids is 2. The number of hydrogen-bond acceptors (Lipinski definition) is 6. The minimum absolute atomic E-state index is 0.149. The van der Waals surface area contributed by atoms with E-state index in [2.05, 4.69) is 10.1 Å². The van der Waals surface area contributed by atoms with Crippen LogP contribution in [-0.2, 0) is 16.1 Å². The van der Waals surface area contributed by atoms with Gasteiger partial charge >= 0.3 is 6.36 Å². The van der Waals surface area contributed by atoms with Crippen LogP contribution in [0.5, 0.6) is 5.75 Å². The number of ketones is 1. The summed E-state index contributed by atoms with van der Waals surface area (Å²) in [5, 5.41) is 2.86. The van der Waals surface area contributed by atoms with E-state index in [1.165, 1.54) is 36.0 Å². The van der Waals surface area contributed by atoms with Crippen LogP contribution in [0.2, 0.25) is 0 Å². The minimum Gasteiger partial charge on any atom is -0.406 e. The van der Waals surface area contributed by atoms with Gasteiger partial charge in [0.2, 0.25) is 0 Å². The molecule has 10 heteroatoms. The van der Waals surface area contributed by atoms with Crippen LogP contribution in [0.4, 0.5) is 13.2 Å². The average molecular weight is 456 g/mol. The summed E-state index contributed by atoms with van der Waals surface area (Å²) in [4.78, 5) is 27.8. The highest BCUT2D eigenvalue weighted by molar-refractivity contribution is 8.03. The highest BCUT2D eigenvalue weighted by Crippen LogP contribution is 2.36. The maximum absolute atomic E-state index is 12.8. The molecule has 2 atom stereocenters. The molecule has 0 radical (unpaired) electrons. The number of thioether (sulfide) groups is 1. The summed E-state index contributed by atoms with van der Waals surface area (Å²) in [6.45, 7) is 2.80. The third kappa shape index (κ3) is 6.04. The molecule has 0 aromatic heterocycles. The second kappa shape index (κ2) is 9.78. The number of nitrogens with one attached hydrogen (secondary N) is 1. The molecule has 168 valence electrons. The zero-order valence-electron chi connectivity index (χ0n) is 16.9. The van der Waals surface area contributed by atoms with E-state index in [9.17, 15) is 22.8 Å². The van der Waals surface area contributed by atoms with Crippen LogP contribution in [-0.4, -0.2) is 47.3 Å². The molecular weight excluding hydrogens is 431 g/mol. The molecule has 0 bridgehead atoms. The Kier molecular flexibility index (Phi) is 7.32. The first-order valence-corrected chi connectivity index (χ1v) is 10.9. The average Bonchev–Trinajstić information content (AvgIpc) is 2.71. The van der Waals surface area contributed by atoms with Gasteiger partial charge in [-0.1, -0.05) is 25.5 Å². The van der Waals surface area contributed by atoms with Crippen LogP contribution < -0.4 is 15.8 Å². The van der Waals surface area contributed by atoms with Crippen molar-refractivity contribution in [1.29, 1.82) is 0 Å². The molecule has 1 aromatic carbocycles. The van der Waals surface area contributed by atoms with Crippen molar-refractivity contribution >= 4 is 23.5 Å². The number of fused-ring (bicyclic) bond motifs is 1. The second-order valence-corrected chi connectivity index (χ2v) is 8.42. The van der Waals surface area contributed by atoms with Crippen molar-refractivity contribution in [2.75, 3.05) is 12.3 Å². The topological polar surface area (TPSA) is 84.7 Å². The number of unbranched alkanes of at least 4 members (excludes halogenated alkanes) is 1. The highest BCUT2D eigenvalue weighted by Gasteiger charge is 2.39. The zero-order chi connectivity index (χ0) is 22.6. The molecule has 1 aromatic rings. The van der Waals surface area contributed by atoms with Crippen LogP contribution in [0.3, 0.4) is 0 Å². The minimum atomic E-state index is -4.77. The summed E-state index contributed by atoms with van der Waals surface area (Å²) < 4.78 is 41.0. The molecule has 0 spiro atoms. The zero-order valence-corrected chi connectivity index (χ0v) is 17.8. The van der Waals surface area contributed by atoms with Crippen molar-refractivity contribution in [3.63, 3.8) is 0 Å². The van der Waals surface area contributed by atoms with Crippen LogP contribution in [0.15, 0.2) is 47.0 Å². The number of Topliss-reactive ketones (excluding diaryl/α,β-unsaturated/α-hetero) is 1. The van der Waals surface area contributed by atoms with Gasteiger partial charge < -0.3 is 20.7 Å². The fourth-order valence-corrected chi connectivity index (χ4v) is 4.49. The molecule has 0 saturated carbocycles. The van der Waals surface area contributed by atoms with Crippen molar-refractivity contribution in [1.82, 2.24) is 10.2 Å². The standard InChI is InChI=1S/C21H24F3N3O3S/c1-2-3-8-26-20(29)14-9-17-18(19(28)16(25)12-31-17)27(11-14)10-13-4-6-15(7-5-13)30-21(22,23)24/h4-7,9,11,16,18H,2-3,8,10,12,25H2,1H3,(H,26,29)/t16-,18?/m0/s1. The number of alkyl halides is 3. The highest BCUT2D eigenvalue weighted by atomic mass is 32.2. The molecule has 3 N–H and O–H groups in total. The van der Waals surface area contributed by atoms with Crippen molar-refractivity contribution in [3.05, 3.63) is 52.6 Å². The van der Waals surface area contributed by atoms with Gasteiger partial charge in [0.15, 0.2) is 5.78 Å². The lowest BCUT2D eigenvalue weighted by molar-refractivity contribution is -0.274. The van der Waals surface area contributed by atoms with Gasteiger partial charge in [0, 0.05) is 29.9 Å². The Bertz CT molecular complexity index is 884. The first-order chi connectivity index (χ1) is 14.7. The third-order valence-corrected chi connectivity index (χ3v) is 6.07. The predicted molar refractivity (Wildman–Crippen MR) is 112 cm³/mol. The fraction of sp³-hybridized carbons (Fsp3) is 0.429. The Balaban J connectivity index is 1.81. The molecule has 1 unspecified atom stereocenters.